The molecule has 2 N–H and O–H groups in total. The van der Waals surface area contributed by atoms with Gasteiger partial charge in [0.2, 0.25) is 0 Å². The minimum Gasteiger partial charge on any atom is -0.506 e. The van der Waals surface area contributed by atoms with Crippen molar-refractivity contribution in [1.82, 2.24) is 9.97 Å². The number of pyridine rings is 2. The van der Waals surface area contributed by atoms with Crippen molar-refractivity contribution in [2.75, 3.05) is 0 Å². The van der Waals surface area contributed by atoms with Crippen molar-refractivity contribution in [3.05, 3.63) is 71.5 Å². The summed E-state index contributed by atoms with van der Waals surface area (Å²) in [5, 5.41) is 20.6. The van der Waals surface area contributed by atoms with Crippen molar-refractivity contribution in [1.29, 1.82) is 0 Å². The van der Waals surface area contributed by atoms with Crippen LogP contribution in [0.25, 0.3) is 21.8 Å². The average molecular weight is 369 g/mol. The van der Waals surface area contributed by atoms with Crippen LogP contribution in [0.5, 0.6) is 11.5 Å². The van der Waals surface area contributed by atoms with Gasteiger partial charge in [0.25, 0.3) is 0 Å². The highest BCUT2D eigenvalue weighted by Crippen LogP contribution is 2.28. The summed E-state index contributed by atoms with van der Waals surface area (Å²) in [6, 6.07) is 16.3. The lowest BCUT2D eigenvalue weighted by Gasteiger charge is -2.00. The third-order valence-electron chi connectivity index (χ3n) is 3.31. The van der Waals surface area contributed by atoms with Gasteiger partial charge in [0.05, 0.1) is 0 Å². The van der Waals surface area contributed by atoms with Crippen LogP contribution in [0.4, 0.5) is 0 Å². The molecule has 0 aliphatic rings. The fourth-order valence-electron chi connectivity index (χ4n) is 2.21. The molecule has 0 saturated heterocycles. The molecule has 0 atom stereocenters. The monoisotopic (exact) mass is 368 g/mol. The lowest BCUT2D eigenvalue weighted by molar-refractivity contribution is 0.480. The van der Waals surface area contributed by atoms with E-state index in [1.165, 1.54) is 0 Å². The maximum Gasteiger partial charge on any atom is 0.141 e. The van der Waals surface area contributed by atoms with Crippen LogP contribution in [0, 0.1) is 0 Å². The van der Waals surface area contributed by atoms with Crippen molar-refractivity contribution in [3.63, 3.8) is 0 Å². The number of aromatic nitrogens is 2. The first-order valence-corrected chi connectivity index (χ1v) is 7.71. The number of para-hydroxylation sites is 1. The van der Waals surface area contributed by atoms with Gasteiger partial charge in [-0.1, -0.05) is 40.2 Å². The summed E-state index contributed by atoms with van der Waals surface area (Å²) >= 11 is 3.38. The lowest BCUT2D eigenvalue weighted by atomic mass is 10.2. The Hall–Kier alpha value is -2.66. The van der Waals surface area contributed by atoms with Gasteiger partial charge in [-0.3, -0.25) is 9.97 Å². The first-order chi connectivity index (χ1) is 11.2. The maximum atomic E-state index is 9.41. The van der Waals surface area contributed by atoms with Crippen molar-refractivity contribution >= 4 is 37.7 Å². The predicted molar refractivity (Wildman–Crippen MR) is 94.5 cm³/mol. The molecule has 2 aromatic heterocycles. The molecule has 0 unspecified atom stereocenters. The van der Waals surface area contributed by atoms with E-state index in [2.05, 4.69) is 25.9 Å². The largest absolute Gasteiger partial charge is 0.506 e. The first kappa shape index (κ1) is 15.2. The molecule has 0 aliphatic carbocycles. The van der Waals surface area contributed by atoms with Gasteiger partial charge < -0.3 is 10.2 Å². The molecule has 4 rings (SSSR count). The number of nitrogens with zero attached hydrogens (tertiary/aromatic N) is 2. The van der Waals surface area contributed by atoms with Crippen LogP contribution in [-0.2, 0) is 0 Å². The van der Waals surface area contributed by atoms with Crippen LogP contribution in [0.1, 0.15) is 0 Å². The minimum atomic E-state index is 0.216. The summed E-state index contributed by atoms with van der Waals surface area (Å²) in [6.45, 7) is 0. The molecule has 0 amide bonds. The molecule has 2 heterocycles. The second kappa shape index (κ2) is 6.62. The van der Waals surface area contributed by atoms with Crippen molar-refractivity contribution in [3.8, 4) is 11.5 Å². The Morgan fingerprint density at radius 1 is 0.696 bits per heavy atom. The van der Waals surface area contributed by atoms with Crippen LogP contribution >= 0.6 is 15.9 Å². The Morgan fingerprint density at radius 2 is 1.35 bits per heavy atom. The van der Waals surface area contributed by atoms with E-state index in [1.807, 2.05) is 30.3 Å². The van der Waals surface area contributed by atoms with E-state index in [4.69, 9.17) is 0 Å². The number of benzene rings is 2. The number of hydrogen-bond acceptors (Lipinski definition) is 4. The second-order valence-corrected chi connectivity index (χ2v) is 5.67. The van der Waals surface area contributed by atoms with Crippen molar-refractivity contribution < 1.29 is 10.2 Å². The van der Waals surface area contributed by atoms with Crippen LogP contribution in [0.15, 0.2) is 71.5 Å². The molecule has 0 aliphatic heterocycles. The maximum absolute atomic E-state index is 9.41. The van der Waals surface area contributed by atoms with Crippen LogP contribution < -0.4 is 0 Å². The zero-order valence-electron chi connectivity index (χ0n) is 12.0. The lowest BCUT2D eigenvalue weighted by Crippen LogP contribution is -1.79. The predicted octanol–water partition coefficient (Wildman–Crippen LogP) is 4.64. The Balaban J connectivity index is 0.000000136. The van der Waals surface area contributed by atoms with Crippen molar-refractivity contribution in [2.45, 2.75) is 0 Å². The van der Waals surface area contributed by atoms with E-state index in [1.54, 1.807) is 36.7 Å². The summed E-state index contributed by atoms with van der Waals surface area (Å²) in [4.78, 5) is 8.09. The summed E-state index contributed by atoms with van der Waals surface area (Å²) in [5.74, 6) is 0.455. The van der Waals surface area contributed by atoms with Gasteiger partial charge in [-0.25, -0.2) is 0 Å². The third kappa shape index (κ3) is 3.24. The van der Waals surface area contributed by atoms with E-state index in [0.29, 0.717) is 11.0 Å². The van der Waals surface area contributed by atoms with Gasteiger partial charge >= 0.3 is 0 Å². The summed E-state index contributed by atoms with van der Waals surface area (Å²) in [5.41, 5.74) is 1.29. The number of phenolic OH excluding ortho intramolecular Hbond substituents is 2. The van der Waals surface area contributed by atoms with Gasteiger partial charge in [0, 0.05) is 27.6 Å². The molecule has 23 heavy (non-hydrogen) atoms. The van der Waals surface area contributed by atoms with Gasteiger partial charge in [0.15, 0.2) is 0 Å². The molecule has 0 radical (unpaired) electrons. The average Bonchev–Trinajstić information content (AvgIpc) is 2.60. The van der Waals surface area contributed by atoms with E-state index >= 15 is 0 Å². The molecule has 5 heteroatoms. The zero-order valence-corrected chi connectivity index (χ0v) is 13.6. The normalized spacial score (nSPS) is 10.3. The fourth-order valence-corrected chi connectivity index (χ4v) is 2.66. The first-order valence-electron chi connectivity index (χ1n) is 6.92. The smallest absolute Gasteiger partial charge is 0.141 e. The van der Waals surface area contributed by atoms with Gasteiger partial charge in [0.1, 0.15) is 22.5 Å². The molecule has 114 valence electrons. The topological polar surface area (TPSA) is 66.2 Å². The SMILES string of the molecule is Oc1ccc(Br)c2cccnc12.Oc1cccc2cccnc12. The van der Waals surface area contributed by atoms with Crippen molar-refractivity contribution in [2.24, 2.45) is 0 Å². The van der Waals surface area contributed by atoms with E-state index in [0.717, 1.165) is 15.2 Å². The number of rotatable bonds is 0. The Labute approximate surface area is 141 Å². The molecular formula is C18H13BrN2O2. The molecule has 4 aromatic rings. The number of halogens is 1. The molecule has 4 nitrogen and oxygen atoms in total. The van der Waals surface area contributed by atoms with E-state index in [9.17, 15) is 10.2 Å². The highest BCUT2D eigenvalue weighted by molar-refractivity contribution is 9.10. The van der Waals surface area contributed by atoms with Crippen LogP contribution in [-0.4, -0.2) is 20.2 Å². The molecule has 0 spiro atoms. The summed E-state index contributed by atoms with van der Waals surface area (Å²) in [6.07, 6.45) is 3.33. The summed E-state index contributed by atoms with van der Waals surface area (Å²) < 4.78 is 0.948. The standard InChI is InChI=1S/C9H6BrNO.C9H7NO/c10-7-3-4-8(12)9-6(7)2-1-5-11-9;11-8-5-1-3-7-4-2-6-10-9(7)8/h1-5,12H;1-6,11H. The zero-order chi connectivity index (χ0) is 16.2. The van der Waals surface area contributed by atoms with E-state index in [-0.39, 0.29) is 11.5 Å². The Bertz CT molecular complexity index is 927. The highest BCUT2D eigenvalue weighted by Gasteiger charge is 2.02. The quantitative estimate of drug-likeness (QED) is 0.474. The molecule has 0 bridgehead atoms. The van der Waals surface area contributed by atoms with Gasteiger partial charge in [-0.15, -0.1) is 0 Å². The molecule has 0 saturated carbocycles. The summed E-state index contributed by atoms with van der Waals surface area (Å²) in [7, 11) is 0. The second-order valence-electron chi connectivity index (χ2n) is 4.82. The third-order valence-corrected chi connectivity index (χ3v) is 4.00. The fraction of sp³-hybridized carbons (Fsp3) is 0. The molecule has 0 fully saturated rings. The number of phenols is 2. The van der Waals surface area contributed by atoms with Crippen LogP contribution in [0.2, 0.25) is 0 Å². The van der Waals surface area contributed by atoms with E-state index < -0.39 is 0 Å². The number of fused-ring (bicyclic) bond motifs is 2. The Kier molecular flexibility index (Phi) is 4.39. The Morgan fingerprint density at radius 3 is 2.09 bits per heavy atom. The molecule has 2 aromatic carbocycles. The van der Waals surface area contributed by atoms with Crippen LogP contribution in [0.3, 0.4) is 0 Å². The number of hydrogen-bond donors (Lipinski definition) is 2. The highest BCUT2D eigenvalue weighted by atomic mass is 79.9. The van der Waals surface area contributed by atoms with Gasteiger partial charge in [-0.05, 0) is 30.3 Å². The minimum absolute atomic E-state index is 0.216. The van der Waals surface area contributed by atoms with Gasteiger partial charge in [-0.2, -0.15) is 0 Å². The number of aromatic hydroxyl groups is 2. The molecular weight excluding hydrogens is 356 g/mol.